The van der Waals surface area contributed by atoms with Gasteiger partial charge in [-0.3, -0.25) is 4.79 Å². The van der Waals surface area contributed by atoms with E-state index in [9.17, 15) is 4.79 Å². The van der Waals surface area contributed by atoms with E-state index in [0.717, 1.165) is 12.1 Å². The van der Waals surface area contributed by atoms with Crippen LogP contribution in [0.3, 0.4) is 0 Å². The van der Waals surface area contributed by atoms with Gasteiger partial charge in [0.05, 0.1) is 11.6 Å². The highest BCUT2D eigenvalue weighted by molar-refractivity contribution is 5.92. The first-order valence-electron chi connectivity index (χ1n) is 7.47. The van der Waals surface area contributed by atoms with Crippen molar-refractivity contribution in [3.05, 3.63) is 47.8 Å². The number of hydrogen-bond acceptors (Lipinski definition) is 5. The van der Waals surface area contributed by atoms with E-state index in [-0.39, 0.29) is 5.91 Å². The van der Waals surface area contributed by atoms with E-state index in [1.807, 2.05) is 0 Å². The molecule has 1 heterocycles. The van der Waals surface area contributed by atoms with Gasteiger partial charge in [-0.2, -0.15) is 5.26 Å². The van der Waals surface area contributed by atoms with Crippen molar-refractivity contribution < 1.29 is 4.79 Å². The minimum absolute atomic E-state index is 0.212. The third kappa shape index (κ3) is 5.08. The van der Waals surface area contributed by atoms with Crippen LogP contribution < -0.4 is 10.6 Å². The monoisotopic (exact) mass is 309 g/mol. The molecule has 1 aromatic carbocycles. The molecule has 0 saturated heterocycles. The van der Waals surface area contributed by atoms with Crippen molar-refractivity contribution in [2.75, 3.05) is 11.9 Å². The van der Waals surface area contributed by atoms with Gasteiger partial charge in [0.25, 0.3) is 5.91 Å². The molecule has 0 aliphatic rings. The number of aromatic nitrogens is 2. The first-order chi connectivity index (χ1) is 11.1. The second-order valence-electron chi connectivity index (χ2n) is 5.52. The van der Waals surface area contributed by atoms with Crippen LogP contribution in [0.5, 0.6) is 0 Å². The summed E-state index contributed by atoms with van der Waals surface area (Å²) < 4.78 is 0. The molecule has 2 rings (SSSR count). The molecular formula is C17H19N5O. The summed E-state index contributed by atoms with van der Waals surface area (Å²) in [6, 6.07) is 10.6. The molecule has 0 radical (unpaired) electrons. The molecule has 0 aliphatic carbocycles. The Morgan fingerprint density at radius 1 is 1.26 bits per heavy atom. The van der Waals surface area contributed by atoms with Crippen LogP contribution in [0.2, 0.25) is 0 Å². The second kappa shape index (κ2) is 7.90. The van der Waals surface area contributed by atoms with E-state index in [4.69, 9.17) is 5.26 Å². The number of benzene rings is 1. The van der Waals surface area contributed by atoms with Crippen LogP contribution in [-0.2, 0) is 0 Å². The lowest BCUT2D eigenvalue weighted by molar-refractivity contribution is 0.0947. The number of carbonyl (C=O) groups excluding carboxylic acids is 1. The lowest BCUT2D eigenvalue weighted by Gasteiger charge is -2.08. The molecular weight excluding hydrogens is 290 g/mol. The maximum atomic E-state index is 12.0. The number of rotatable bonds is 6. The van der Waals surface area contributed by atoms with Crippen molar-refractivity contribution in [2.24, 2.45) is 5.92 Å². The van der Waals surface area contributed by atoms with E-state index >= 15 is 0 Å². The highest BCUT2D eigenvalue weighted by Gasteiger charge is 2.08. The molecule has 1 amide bonds. The summed E-state index contributed by atoms with van der Waals surface area (Å²) in [5, 5.41) is 14.6. The highest BCUT2D eigenvalue weighted by atomic mass is 16.1. The Labute approximate surface area is 135 Å². The van der Waals surface area contributed by atoms with Gasteiger partial charge >= 0.3 is 0 Å². The zero-order valence-electron chi connectivity index (χ0n) is 13.2. The summed E-state index contributed by atoms with van der Waals surface area (Å²) >= 11 is 0. The molecule has 6 nitrogen and oxygen atoms in total. The van der Waals surface area contributed by atoms with Crippen LogP contribution in [-0.4, -0.2) is 22.4 Å². The van der Waals surface area contributed by atoms with E-state index < -0.39 is 0 Å². The van der Waals surface area contributed by atoms with Crippen LogP contribution in [0.4, 0.5) is 11.6 Å². The van der Waals surface area contributed by atoms with Gasteiger partial charge in [-0.25, -0.2) is 9.97 Å². The fourth-order valence-electron chi connectivity index (χ4n) is 1.87. The number of nitriles is 1. The first kappa shape index (κ1) is 16.4. The lowest BCUT2D eigenvalue weighted by Crippen LogP contribution is -2.26. The molecule has 2 N–H and O–H groups in total. The zero-order valence-corrected chi connectivity index (χ0v) is 13.2. The highest BCUT2D eigenvalue weighted by Crippen LogP contribution is 2.13. The summed E-state index contributed by atoms with van der Waals surface area (Å²) in [6.07, 6.45) is 2.46. The predicted molar refractivity (Wildman–Crippen MR) is 88.3 cm³/mol. The molecule has 0 aliphatic heterocycles. The Bertz CT molecular complexity index is 704. The molecule has 2 aromatic rings. The zero-order chi connectivity index (χ0) is 16.7. The third-order valence-electron chi connectivity index (χ3n) is 3.17. The van der Waals surface area contributed by atoms with Gasteiger partial charge in [0.15, 0.2) is 0 Å². The second-order valence-corrected chi connectivity index (χ2v) is 5.52. The average molecular weight is 309 g/mol. The summed E-state index contributed by atoms with van der Waals surface area (Å²) in [4.78, 5) is 20.4. The van der Waals surface area contributed by atoms with Crippen LogP contribution in [0.15, 0.2) is 36.5 Å². The fraction of sp³-hybridized carbons (Fsp3) is 0.294. The van der Waals surface area contributed by atoms with Crippen molar-refractivity contribution in [3.63, 3.8) is 0 Å². The quantitative estimate of drug-likeness (QED) is 0.856. The van der Waals surface area contributed by atoms with Crippen LogP contribution in [0, 0.1) is 17.2 Å². The van der Waals surface area contributed by atoms with Gasteiger partial charge in [-0.15, -0.1) is 0 Å². The first-order valence-corrected chi connectivity index (χ1v) is 7.47. The summed E-state index contributed by atoms with van der Waals surface area (Å²) in [5.74, 6) is 0.663. The largest absolute Gasteiger partial charge is 0.351 e. The number of carbonyl (C=O) groups is 1. The maximum absolute atomic E-state index is 12.0. The molecule has 0 spiro atoms. The smallest absolute Gasteiger partial charge is 0.270 e. The molecule has 0 atom stereocenters. The van der Waals surface area contributed by atoms with E-state index in [0.29, 0.717) is 29.7 Å². The Kier molecular flexibility index (Phi) is 5.64. The molecule has 0 saturated carbocycles. The van der Waals surface area contributed by atoms with Crippen molar-refractivity contribution in [3.8, 4) is 6.07 Å². The van der Waals surface area contributed by atoms with Crippen LogP contribution in [0.1, 0.15) is 36.3 Å². The number of nitrogens with zero attached hydrogens (tertiary/aromatic N) is 3. The number of hydrogen-bond donors (Lipinski definition) is 2. The summed E-state index contributed by atoms with van der Waals surface area (Å²) in [5.41, 5.74) is 1.65. The van der Waals surface area contributed by atoms with E-state index in [1.54, 1.807) is 30.3 Å². The Hall–Kier alpha value is -2.94. The van der Waals surface area contributed by atoms with Crippen molar-refractivity contribution in [2.45, 2.75) is 20.3 Å². The minimum Gasteiger partial charge on any atom is -0.351 e. The van der Waals surface area contributed by atoms with Gasteiger partial charge in [-0.05, 0) is 42.7 Å². The standard InChI is InChI=1S/C17H19N5O/c1-12(2)7-9-19-16(23)15-8-10-20-17(22-15)21-14-5-3-13(11-18)4-6-14/h3-6,8,10,12H,7,9H2,1-2H3,(H,19,23)(H,20,21,22). The van der Waals surface area contributed by atoms with Crippen molar-refractivity contribution in [1.82, 2.24) is 15.3 Å². The molecule has 0 bridgehead atoms. The Morgan fingerprint density at radius 2 is 2.00 bits per heavy atom. The van der Waals surface area contributed by atoms with Crippen LogP contribution >= 0.6 is 0 Å². The fourth-order valence-corrected chi connectivity index (χ4v) is 1.87. The van der Waals surface area contributed by atoms with Crippen molar-refractivity contribution in [1.29, 1.82) is 5.26 Å². The summed E-state index contributed by atoms with van der Waals surface area (Å²) in [7, 11) is 0. The van der Waals surface area contributed by atoms with Gasteiger partial charge in [0.1, 0.15) is 5.69 Å². The minimum atomic E-state index is -0.212. The number of anilines is 2. The van der Waals surface area contributed by atoms with E-state index in [2.05, 4.69) is 40.5 Å². The van der Waals surface area contributed by atoms with E-state index in [1.165, 1.54) is 6.20 Å². The normalized spacial score (nSPS) is 10.2. The van der Waals surface area contributed by atoms with Gasteiger partial charge in [0.2, 0.25) is 5.95 Å². The molecule has 23 heavy (non-hydrogen) atoms. The van der Waals surface area contributed by atoms with Crippen molar-refractivity contribution >= 4 is 17.5 Å². The molecule has 118 valence electrons. The van der Waals surface area contributed by atoms with Crippen LogP contribution in [0.25, 0.3) is 0 Å². The van der Waals surface area contributed by atoms with Gasteiger partial charge < -0.3 is 10.6 Å². The third-order valence-corrected chi connectivity index (χ3v) is 3.17. The number of nitrogens with one attached hydrogen (secondary N) is 2. The van der Waals surface area contributed by atoms with Gasteiger partial charge in [0, 0.05) is 18.4 Å². The maximum Gasteiger partial charge on any atom is 0.270 e. The lowest BCUT2D eigenvalue weighted by atomic mass is 10.1. The summed E-state index contributed by atoms with van der Waals surface area (Å²) in [6.45, 7) is 4.84. The molecule has 0 fully saturated rings. The molecule has 1 aromatic heterocycles. The molecule has 6 heteroatoms. The van der Waals surface area contributed by atoms with Gasteiger partial charge in [-0.1, -0.05) is 13.8 Å². The Morgan fingerprint density at radius 3 is 2.65 bits per heavy atom. The Balaban J connectivity index is 2.01. The SMILES string of the molecule is CC(C)CCNC(=O)c1ccnc(Nc2ccc(C#N)cc2)n1. The predicted octanol–water partition coefficient (Wildman–Crippen LogP) is 2.87. The molecule has 0 unspecified atom stereocenters. The average Bonchev–Trinajstić information content (AvgIpc) is 2.55. The number of amides is 1. The topological polar surface area (TPSA) is 90.7 Å².